The first-order valence-corrected chi connectivity index (χ1v) is 7.12. The Bertz CT molecular complexity index is 488. The summed E-state index contributed by atoms with van der Waals surface area (Å²) in [7, 11) is 1.46. The van der Waals surface area contributed by atoms with Crippen molar-refractivity contribution in [3.8, 4) is 5.75 Å². The number of ether oxygens (including phenoxy) is 1. The molecule has 0 heterocycles. The van der Waals surface area contributed by atoms with Crippen molar-refractivity contribution in [3.63, 3.8) is 0 Å². The predicted molar refractivity (Wildman–Crippen MR) is 76.5 cm³/mol. The normalized spacial score (nSPS) is 18.3. The summed E-state index contributed by atoms with van der Waals surface area (Å²) in [6, 6.07) is 3.23. The first-order chi connectivity index (χ1) is 9.35. The third-order valence-electron chi connectivity index (χ3n) is 4.52. The van der Waals surface area contributed by atoms with Gasteiger partial charge in [-0.15, -0.1) is 0 Å². The maximum absolute atomic E-state index is 13.8. The van der Waals surface area contributed by atoms with E-state index in [1.54, 1.807) is 6.07 Å². The van der Waals surface area contributed by atoms with Gasteiger partial charge in [-0.05, 0) is 31.4 Å². The number of benzene rings is 1. The van der Waals surface area contributed by atoms with Gasteiger partial charge in [-0.25, -0.2) is 8.78 Å². The molecule has 1 aliphatic carbocycles. The van der Waals surface area contributed by atoms with Crippen LogP contribution in [0.25, 0.3) is 0 Å². The first kappa shape index (κ1) is 15.2. The minimum absolute atomic E-state index is 0.0414. The zero-order valence-electron chi connectivity index (χ0n) is 12.4. The van der Waals surface area contributed by atoms with E-state index in [2.05, 4.69) is 0 Å². The van der Waals surface area contributed by atoms with Crippen LogP contribution in [0, 0.1) is 6.92 Å². The number of methoxy groups -OCH3 is 1. The van der Waals surface area contributed by atoms with E-state index in [9.17, 15) is 8.78 Å². The highest BCUT2D eigenvalue weighted by atomic mass is 19.3. The Morgan fingerprint density at radius 3 is 2.35 bits per heavy atom. The molecule has 1 fully saturated rings. The molecule has 0 bridgehead atoms. The second-order valence-electron chi connectivity index (χ2n) is 5.92. The minimum Gasteiger partial charge on any atom is -0.496 e. The molecule has 20 heavy (non-hydrogen) atoms. The number of rotatable bonds is 4. The number of halogens is 2. The minimum atomic E-state index is -2.91. The number of nitrogens with two attached hydrogens (primary N) is 1. The van der Waals surface area contributed by atoms with Crippen LogP contribution in [-0.4, -0.2) is 13.7 Å². The van der Waals surface area contributed by atoms with E-state index in [1.165, 1.54) is 13.2 Å². The van der Waals surface area contributed by atoms with Crippen LogP contribution in [0.2, 0.25) is 0 Å². The van der Waals surface area contributed by atoms with Crippen LogP contribution in [0.3, 0.4) is 0 Å². The Balaban J connectivity index is 2.68. The highest BCUT2D eigenvalue weighted by Crippen LogP contribution is 2.48. The van der Waals surface area contributed by atoms with Crippen molar-refractivity contribution in [2.24, 2.45) is 5.73 Å². The van der Waals surface area contributed by atoms with Crippen LogP contribution in [0.15, 0.2) is 12.1 Å². The maximum Gasteiger partial charge on any atom is 0.274 e. The number of hydrogen-bond donors (Lipinski definition) is 1. The van der Waals surface area contributed by atoms with Gasteiger partial charge in [-0.2, -0.15) is 0 Å². The van der Waals surface area contributed by atoms with Crippen LogP contribution in [0.4, 0.5) is 8.78 Å². The molecule has 1 aromatic rings. The van der Waals surface area contributed by atoms with Crippen molar-refractivity contribution >= 4 is 0 Å². The average Bonchev–Trinajstić information content (AvgIpc) is 2.86. The zero-order valence-corrected chi connectivity index (χ0v) is 12.4. The first-order valence-electron chi connectivity index (χ1n) is 7.12. The Morgan fingerprint density at radius 2 is 1.90 bits per heavy atom. The van der Waals surface area contributed by atoms with E-state index in [4.69, 9.17) is 10.5 Å². The summed E-state index contributed by atoms with van der Waals surface area (Å²) in [6.45, 7) is 3.34. The van der Waals surface area contributed by atoms with Gasteiger partial charge in [0.1, 0.15) is 5.75 Å². The molecule has 1 aromatic carbocycles. The van der Waals surface area contributed by atoms with E-state index in [1.807, 2.05) is 6.92 Å². The Morgan fingerprint density at radius 1 is 1.30 bits per heavy atom. The summed E-state index contributed by atoms with van der Waals surface area (Å²) >= 11 is 0. The van der Waals surface area contributed by atoms with E-state index >= 15 is 0 Å². The molecule has 0 saturated heterocycles. The topological polar surface area (TPSA) is 35.2 Å². The van der Waals surface area contributed by atoms with Gasteiger partial charge in [-0.1, -0.05) is 18.9 Å². The molecule has 0 amide bonds. The SMILES string of the molecule is COc1c(C(C)(F)F)ccc(C)c1C1(CN)CCCC1. The lowest BCUT2D eigenvalue weighted by Crippen LogP contribution is -2.34. The van der Waals surface area contributed by atoms with Crippen molar-refractivity contribution < 1.29 is 13.5 Å². The summed E-state index contributed by atoms with van der Waals surface area (Å²) in [5.41, 5.74) is 7.63. The molecule has 112 valence electrons. The van der Waals surface area contributed by atoms with Crippen LogP contribution in [0.1, 0.15) is 49.3 Å². The second kappa shape index (κ2) is 5.32. The van der Waals surface area contributed by atoms with E-state index < -0.39 is 5.92 Å². The standard InChI is InChI=1S/C16H23F2NO/c1-11-6-7-12(15(2,17)18)14(20-3)13(11)16(10-19)8-4-5-9-16/h6-7H,4-5,8-10,19H2,1-3H3. The molecule has 0 atom stereocenters. The molecule has 4 heteroatoms. The summed E-state index contributed by atoms with van der Waals surface area (Å²) in [6.07, 6.45) is 4.07. The van der Waals surface area contributed by atoms with Gasteiger partial charge in [0.25, 0.3) is 5.92 Å². The van der Waals surface area contributed by atoms with Crippen molar-refractivity contribution in [2.75, 3.05) is 13.7 Å². The molecule has 0 unspecified atom stereocenters. The van der Waals surface area contributed by atoms with Gasteiger partial charge in [0.05, 0.1) is 12.7 Å². The lowest BCUT2D eigenvalue weighted by Gasteiger charge is -2.33. The summed E-state index contributed by atoms with van der Waals surface area (Å²) < 4.78 is 33.0. The lowest BCUT2D eigenvalue weighted by atomic mass is 9.75. The van der Waals surface area contributed by atoms with Crippen LogP contribution >= 0.6 is 0 Å². The highest BCUT2D eigenvalue weighted by molar-refractivity contribution is 5.52. The fourth-order valence-corrected chi connectivity index (χ4v) is 3.51. The van der Waals surface area contributed by atoms with Crippen LogP contribution in [0.5, 0.6) is 5.75 Å². The molecule has 2 rings (SSSR count). The molecule has 0 spiro atoms. The predicted octanol–water partition coefficient (Wildman–Crippen LogP) is 3.89. The summed E-state index contributed by atoms with van der Waals surface area (Å²) in [5, 5.41) is 0. The van der Waals surface area contributed by atoms with Crippen molar-refractivity contribution in [1.82, 2.24) is 0 Å². The number of aryl methyl sites for hydroxylation is 1. The second-order valence-corrected chi connectivity index (χ2v) is 5.92. The van der Waals surface area contributed by atoms with E-state index in [-0.39, 0.29) is 11.0 Å². The van der Waals surface area contributed by atoms with E-state index in [0.29, 0.717) is 12.3 Å². The maximum atomic E-state index is 13.8. The molecule has 1 aliphatic rings. The molecule has 0 aliphatic heterocycles. The number of alkyl halides is 2. The summed E-state index contributed by atoms with van der Waals surface area (Å²) in [4.78, 5) is 0. The third kappa shape index (κ3) is 2.41. The fourth-order valence-electron chi connectivity index (χ4n) is 3.51. The molecular weight excluding hydrogens is 260 g/mol. The monoisotopic (exact) mass is 283 g/mol. The Kier molecular flexibility index (Phi) is 4.05. The largest absolute Gasteiger partial charge is 0.496 e. The molecule has 2 nitrogen and oxygen atoms in total. The smallest absolute Gasteiger partial charge is 0.274 e. The molecule has 1 saturated carbocycles. The third-order valence-corrected chi connectivity index (χ3v) is 4.52. The number of hydrogen-bond acceptors (Lipinski definition) is 2. The zero-order chi connectivity index (χ0) is 15.0. The van der Waals surface area contributed by atoms with Crippen LogP contribution < -0.4 is 10.5 Å². The highest BCUT2D eigenvalue weighted by Gasteiger charge is 2.40. The average molecular weight is 283 g/mol. The van der Waals surface area contributed by atoms with Gasteiger partial charge in [-0.3, -0.25) is 0 Å². The van der Waals surface area contributed by atoms with Crippen molar-refractivity contribution in [3.05, 3.63) is 28.8 Å². The lowest BCUT2D eigenvalue weighted by molar-refractivity contribution is 0.0148. The quantitative estimate of drug-likeness (QED) is 0.910. The van der Waals surface area contributed by atoms with Gasteiger partial charge in [0, 0.05) is 24.4 Å². The Labute approximate surface area is 119 Å². The van der Waals surface area contributed by atoms with Gasteiger partial charge >= 0.3 is 0 Å². The van der Waals surface area contributed by atoms with Gasteiger partial charge in [0.15, 0.2) is 0 Å². The molecule has 2 N–H and O–H groups in total. The van der Waals surface area contributed by atoms with Crippen molar-refractivity contribution in [2.45, 2.75) is 50.9 Å². The van der Waals surface area contributed by atoms with Gasteiger partial charge in [0.2, 0.25) is 0 Å². The van der Waals surface area contributed by atoms with E-state index in [0.717, 1.165) is 43.7 Å². The van der Waals surface area contributed by atoms with Gasteiger partial charge < -0.3 is 10.5 Å². The summed E-state index contributed by atoms with van der Waals surface area (Å²) in [5.74, 6) is -2.59. The van der Waals surface area contributed by atoms with Crippen molar-refractivity contribution in [1.29, 1.82) is 0 Å². The van der Waals surface area contributed by atoms with Crippen LogP contribution in [-0.2, 0) is 11.3 Å². The molecule has 0 aromatic heterocycles. The Hall–Kier alpha value is -1.16. The molecule has 0 radical (unpaired) electrons. The fraction of sp³-hybridized carbons (Fsp3) is 0.625. The molecular formula is C16H23F2NO.